The van der Waals surface area contributed by atoms with Crippen molar-refractivity contribution in [3.05, 3.63) is 51.9 Å². The van der Waals surface area contributed by atoms with Crippen LogP contribution in [0.4, 0.5) is 0 Å². The first kappa shape index (κ1) is 13.4. The first-order chi connectivity index (χ1) is 10.2. The smallest absolute Gasteiger partial charge is 0.246 e. The van der Waals surface area contributed by atoms with Gasteiger partial charge in [0.15, 0.2) is 12.4 Å². The predicted molar refractivity (Wildman–Crippen MR) is 79.8 cm³/mol. The molecule has 3 aromatic rings. The number of nitriles is 1. The van der Waals surface area contributed by atoms with E-state index >= 15 is 0 Å². The SMILES string of the molecule is Cc1ccc(C(=O)COc2c(C#N)oc3ccccc23)s1. The predicted octanol–water partition coefficient (Wildman–Crippen LogP) is 3.94. The minimum Gasteiger partial charge on any atom is -0.480 e. The van der Waals surface area contributed by atoms with Gasteiger partial charge in [-0.3, -0.25) is 4.79 Å². The maximum Gasteiger partial charge on any atom is 0.246 e. The van der Waals surface area contributed by atoms with Gasteiger partial charge in [-0.25, -0.2) is 0 Å². The van der Waals surface area contributed by atoms with Gasteiger partial charge in [0.25, 0.3) is 0 Å². The number of thiophene rings is 1. The molecule has 2 heterocycles. The number of furan rings is 1. The van der Waals surface area contributed by atoms with Gasteiger partial charge >= 0.3 is 0 Å². The number of carbonyl (C=O) groups is 1. The number of Topliss-reactive ketones (excluding diaryl/α,β-unsaturated/α-hetero) is 1. The number of rotatable bonds is 4. The second-order valence-electron chi connectivity index (χ2n) is 4.49. The quantitative estimate of drug-likeness (QED) is 0.684. The zero-order valence-electron chi connectivity index (χ0n) is 11.3. The first-order valence-electron chi connectivity index (χ1n) is 6.33. The number of para-hydroxylation sites is 1. The van der Waals surface area contributed by atoms with Crippen molar-refractivity contribution in [2.24, 2.45) is 0 Å². The molecule has 0 bridgehead atoms. The lowest BCUT2D eigenvalue weighted by Crippen LogP contribution is -2.10. The Kier molecular flexibility index (Phi) is 3.46. The summed E-state index contributed by atoms with van der Waals surface area (Å²) in [5.41, 5.74) is 0.573. The fourth-order valence-electron chi connectivity index (χ4n) is 2.03. The second kappa shape index (κ2) is 5.43. The molecule has 2 aromatic heterocycles. The average molecular weight is 297 g/mol. The number of fused-ring (bicyclic) bond motifs is 1. The van der Waals surface area contributed by atoms with Crippen LogP contribution in [0.1, 0.15) is 20.3 Å². The highest BCUT2D eigenvalue weighted by Crippen LogP contribution is 2.32. The topological polar surface area (TPSA) is 63.2 Å². The highest BCUT2D eigenvalue weighted by atomic mass is 32.1. The molecular formula is C16H11NO3S. The zero-order valence-corrected chi connectivity index (χ0v) is 12.1. The number of ketones is 1. The Morgan fingerprint density at radius 1 is 1.33 bits per heavy atom. The van der Waals surface area contributed by atoms with E-state index in [2.05, 4.69) is 0 Å². The van der Waals surface area contributed by atoms with Crippen molar-refractivity contribution in [1.29, 1.82) is 5.26 Å². The fourth-order valence-corrected chi connectivity index (χ4v) is 2.82. The zero-order chi connectivity index (χ0) is 14.8. The molecule has 0 unspecified atom stereocenters. The highest BCUT2D eigenvalue weighted by molar-refractivity contribution is 7.14. The molecule has 0 atom stereocenters. The summed E-state index contributed by atoms with van der Waals surface area (Å²) in [6.45, 7) is 1.83. The normalized spacial score (nSPS) is 10.5. The minimum absolute atomic E-state index is 0.0892. The van der Waals surface area contributed by atoms with Crippen LogP contribution in [0.2, 0.25) is 0 Å². The van der Waals surface area contributed by atoms with Crippen LogP contribution in [-0.2, 0) is 0 Å². The van der Waals surface area contributed by atoms with E-state index in [0.29, 0.717) is 21.6 Å². The summed E-state index contributed by atoms with van der Waals surface area (Å²) in [7, 11) is 0. The van der Waals surface area contributed by atoms with E-state index in [0.717, 1.165) is 4.88 Å². The van der Waals surface area contributed by atoms with Crippen molar-refractivity contribution in [3.8, 4) is 11.8 Å². The molecule has 21 heavy (non-hydrogen) atoms. The molecule has 0 spiro atoms. The Labute approximate surface area is 125 Å². The third-order valence-electron chi connectivity index (χ3n) is 3.01. The Morgan fingerprint density at radius 3 is 2.86 bits per heavy atom. The molecule has 5 heteroatoms. The van der Waals surface area contributed by atoms with Gasteiger partial charge in [-0.15, -0.1) is 11.3 Å². The summed E-state index contributed by atoms with van der Waals surface area (Å²) in [4.78, 5) is 13.8. The molecule has 0 amide bonds. The molecule has 0 N–H and O–H groups in total. The van der Waals surface area contributed by atoms with E-state index in [9.17, 15) is 4.79 Å². The first-order valence-corrected chi connectivity index (χ1v) is 7.15. The number of benzene rings is 1. The van der Waals surface area contributed by atoms with Crippen LogP contribution >= 0.6 is 11.3 Å². The van der Waals surface area contributed by atoms with Crippen molar-refractivity contribution < 1.29 is 13.9 Å². The minimum atomic E-state index is -0.113. The lowest BCUT2D eigenvalue weighted by Gasteiger charge is -2.02. The van der Waals surface area contributed by atoms with E-state index in [4.69, 9.17) is 14.4 Å². The van der Waals surface area contributed by atoms with Crippen molar-refractivity contribution in [3.63, 3.8) is 0 Å². The number of carbonyl (C=O) groups excluding carboxylic acids is 1. The van der Waals surface area contributed by atoms with E-state index in [1.54, 1.807) is 18.2 Å². The molecule has 104 valence electrons. The molecule has 0 fully saturated rings. The molecule has 0 aliphatic rings. The lowest BCUT2D eigenvalue weighted by atomic mass is 10.2. The van der Waals surface area contributed by atoms with E-state index < -0.39 is 0 Å². The largest absolute Gasteiger partial charge is 0.480 e. The summed E-state index contributed by atoms with van der Waals surface area (Å²) in [6.07, 6.45) is 0. The number of hydrogen-bond donors (Lipinski definition) is 0. The molecular weight excluding hydrogens is 286 g/mol. The lowest BCUT2D eigenvalue weighted by molar-refractivity contribution is 0.0926. The van der Waals surface area contributed by atoms with Gasteiger partial charge in [0.2, 0.25) is 11.5 Å². The standard InChI is InChI=1S/C16H11NO3S/c1-10-6-7-15(21-10)12(18)9-19-16-11-4-2-3-5-13(11)20-14(16)8-17/h2-7H,9H2,1H3. The summed E-state index contributed by atoms with van der Waals surface area (Å²) < 4.78 is 10.9. The fraction of sp³-hybridized carbons (Fsp3) is 0.125. The number of aryl methyl sites for hydroxylation is 1. The van der Waals surface area contributed by atoms with Gasteiger partial charge < -0.3 is 9.15 Å². The third kappa shape index (κ3) is 2.54. The van der Waals surface area contributed by atoms with Crippen LogP contribution in [0.5, 0.6) is 5.75 Å². The third-order valence-corrected chi connectivity index (χ3v) is 4.06. The molecule has 0 saturated heterocycles. The van der Waals surface area contributed by atoms with Crippen LogP contribution in [0.15, 0.2) is 40.8 Å². The Balaban J connectivity index is 1.85. The average Bonchev–Trinajstić information content (AvgIpc) is 3.08. The summed E-state index contributed by atoms with van der Waals surface area (Å²) in [5.74, 6) is 0.309. The van der Waals surface area contributed by atoms with Crippen LogP contribution in [-0.4, -0.2) is 12.4 Å². The van der Waals surface area contributed by atoms with Crippen LogP contribution in [0.25, 0.3) is 11.0 Å². The van der Waals surface area contributed by atoms with Crippen molar-refractivity contribution in [2.45, 2.75) is 6.92 Å². The van der Waals surface area contributed by atoms with Gasteiger partial charge in [0.05, 0.1) is 10.3 Å². The van der Waals surface area contributed by atoms with Crippen LogP contribution in [0, 0.1) is 18.3 Å². The van der Waals surface area contributed by atoms with Gasteiger partial charge in [0, 0.05) is 4.88 Å². The van der Waals surface area contributed by atoms with E-state index in [1.807, 2.05) is 31.2 Å². The van der Waals surface area contributed by atoms with Crippen molar-refractivity contribution >= 4 is 28.1 Å². The highest BCUT2D eigenvalue weighted by Gasteiger charge is 2.17. The molecule has 0 aliphatic carbocycles. The number of hydrogen-bond acceptors (Lipinski definition) is 5. The summed E-state index contributed by atoms with van der Waals surface area (Å²) in [6, 6.07) is 12.8. The number of ether oxygens (including phenoxy) is 1. The maximum atomic E-state index is 12.1. The van der Waals surface area contributed by atoms with E-state index in [1.165, 1.54) is 11.3 Å². The van der Waals surface area contributed by atoms with Gasteiger partial charge in [-0.1, -0.05) is 12.1 Å². The van der Waals surface area contributed by atoms with Gasteiger partial charge in [0.1, 0.15) is 11.7 Å². The Morgan fingerprint density at radius 2 is 2.14 bits per heavy atom. The van der Waals surface area contributed by atoms with Crippen molar-refractivity contribution in [1.82, 2.24) is 0 Å². The van der Waals surface area contributed by atoms with Gasteiger partial charge in [-0.05, 0) is 31.2 Å². The van der Waals surface area contributed by atoms with Crippen molar-refractivity contribution in [2.75, 3.05) is 6.61 Å². The van der Waals surface area contributed by atoms with Gasteiger partial charge in [-0.2, -0.15) is 5.26 Å². The Bertz CT molecular complexity index is 854. The molecule has 0 saturated carbocycles. The molecule has 3 rings (SSSR count). The molecule has 1 aromatic carbocycles. The van der Waals surface area contributed by atoms with E-state index in [-0.39, 0.29) is 18.2 Å². The monoisotopic (exact) mass is 297 g/mol. The molecule has 4 nitrogen and oxygen atoms in total. The summed E-state index contributed by atoms with van der Waals surface area (Å²) >= 11 is 1.43. The van der Waals surface area contributed by atoms with Crippen LogP contribution in [0.3, 0.4) is 0 Å². The molecule has 0 radical (unpaired) electrons. The molecule has 0 aliphatic heterocycles. The Hall–Kier alpha value is -2.58. The van der Waals surface area contributed by atoms with Crippen LogP contribution < -0.4 is 4.74 Å². The maximum absolute atomic E-state index is 12.1. The number of nitrogens with zero attached hydrogens (tertiary/aromatic N) is 1. The second-order valence-corrected chi connectivity index (χ2v) is 5.78. The summed E-state index contributed by atoms with van der Waals surface area (Å²) in [5, 5.41) is 9.80.